The molecule has 6 nitrogen and oxygen atoms in total. The van der Waals surface area contributed by atoms with Crippen LogP contribution >= 0.6 is 15.9 Å². The maximum atomic E-state index is 12.4. The predicted molar refractivity (Wildman–Crippen MR) is 105 cm³/mol. The number of carbonyl (C=O) groups excluding carboxylic acids is 2. The second-order valence-electron chi connectivity index (χ2n) is 6.91. The van der Waals surface area contributed by atoms with Crippen molar-refractivity contribution >= 4 is 33.4 Å². The van der Waals surface area contributed by atoms with Crippen LogP contribution in [0.3, 0.4) is 0 Å². The molecule has 2 unspecified atom stereocenters. The van der Waals surface area contributed by atoms with Crippen molar-refractivity contribution in [3.63, 3.8) is 0 Å². The highest BCUT2D eigenvalue weighted by atomic mass is 79.9. The highest BCUT2D eigenvalue weighted by Crippen LogP contribution is 2.36. The molecule has 1 aromatic carbocycles. The number of halogens is 1. The van der Waals surface area contributed by atoms with Crippen molar-refractivity contribution in [2.24, 2.45) is 11.8 Å². The number of nitrogens with one attached hydrogen (secondary N) is 2. The fourth-order valence-corrected chi connectivity index (χ4v) is 3.92. The normalized spacial score (nSPS) is 19.8. The van der Waals surface area contributed by atoms with Crippen molar-refractivity contribution in [3.8, 4) is 11.5 Å². The first-order valence-electron chi connectivity index (χ1n) is 8.90. The molecule has 0 aliphatic heterocycles. The molecule has 1 fully saturated rings. The lowest BCUT2D eigenvalue weighted by Crippen LogP contribution is -2.47. The summed E-state index contributed by atoms with van der Waals surface area (Å²) in [6, 6.07) is 3.35. The van der Waals surface area contributed by atoms with Crippen molar-refractivity contribution < 1.29 is 19.1 Å². The third-order valence-corrected chi connectivity index (χ3v) is 5.58. The molecule has 7 heteroatoms. The van der Waals surface area contributed by atoms with Gasteiger partial charge in [-0.05, 0) is 40.6 Å². The van der Waals surface area contributed by atoms with Gasteiger partial charge in [0.05, 0.1) is 19.9 Å². The standard InChI is InChI=1S/C19H27BrN2O4/c1-11(2)12-7-5-6-8-14(12)21-18(23)19(24)22-15-10-17(26-4)16(25-3)9-13(15)20/h9-12,14H,5-8H2,1-4H3,(H,21,23)(H,22,24). The molecule has 0 saturated heterocycles. The minimum Gasteiger partial charge on any atom is -0.493 e. The molecule has 1 aliphatic carbocycles. The van der Waals surface area contributed by atoms with Crippen LogP contribution in [0.25, 0.3) is 0 Å². The number of rotatable bonds is 5. The largest absolute Gasteiger partial charge is 0.493 e. The van der Waals surface area contributed by atoms with Gasteiger partial charge in [0, 0.05) is 22.6 Å². The first kappa shape index (κ1) is 20.6. The Kier molecular flexibility index (Phi) is 7.32. The SMILES string of the molecule is COc1cc(Br)c(NC(=O)C(=O)NC2CCCCC2C(C)C)cc1OC. The van der Waals surface area contributed by atoms with E-state index in [0.29, 0.717) is 33.5 Å². The first-order valence-corrected chi connectivity index (χ1v) is 9.70. The summed E-state index contributed by atoms with van der Waals surface area (Å²) in [5, 5.41) is 5.55. The van der Waals surface area contributed by atoms with Gasteiger partial charge in [0.1, 0.15) is 0 Å². The van der Waals surface area contributed by atoms with Crippen LogP contribution in [0.5, 0.6) is 11.5 Å². The minimum absolute atomic E-state index is 0.0517. The molecule has 1 aliphatic rings. The van der Waals surface area contributed by atoms with Crippen LogP contribution < -0.4 is 20.1 Å². The number of hydrogen-bond donors (Lipinski definition) is 2. The fraction of sp³-hybridized carbons (Fsp3) is 0.579. The van der Waals surface area contributed by atoms with E-state index < -0.39 is 11.8 Å². The highest BCUT2D eigenvalue weighted by Gasteiger charge is 2.30. The van der Waals surface area contributed by atoms with Gasteiger partial charge in [0.25, 0.3) is 0 Å². The smallest absolute Gasteiger partial charge is 0.313 e. The van der Waals surface area contributed by atoms with E-state index in [4.69, 9.17) is 9.47 Å². The van der Waals surface area contributed by atoms with Gasteiger partial charge in [-0.25, -0.2) is 0 Å². The average Bonchev–Trinajstić information content (AvgIpc) is 2.63. The van der Waals surface area contributed by atoms with Crippen LogP contribution in [0.4, 0.5) is 5.69 Å². The van der Waals surface area contributed by atoms with Gasteiger partial charge in [0.15, 0.2) is 11.5 Å². The lowest BCUT2D eigenvalue weighted by atomic mass is 9.78. The minimum atomic E-state index is -0.689. The van der Waals surface area contributed by atoms with Gasteiger partial charge in [0.2, 0.25) is 0 Å². The van der Waals surface area contributed by atoms with Crippen molar-refractivity contribution in [1.29, 1.82) is 0 Å². The zero-order valence-corrected chi connectivity index (χ0v) is 17.3. The van der Waals surface area contributed by atoms with E-state index in [2.05, 4.69) is 40.4 Å². The molecule has 2 N–H and O–H groups in total. The van der Waals surface area contributed by atoms with Gasteiger partial charge in [-0.15, -0.1) is 0 Å². The molecule has 0 heterocycles. The number of methoxy groups -OCH3 is 2. The molecular weight excluding hydrogens is 400 g/mol. The van der Waals surface area contributed by atoms with Crippen LogP contribution in [-0.4, -0.2) is 32.1 Å². The van der Waals surface area contributed by atoms with Gasteiger partial charge >= 0.3 is 11.8 Å². The summed E-state index contributed by atoms with van der Waals surface area (Å²) >= 11 is 3.37. The van der Waals surface area contributed by atoms with E-state index in [1.54, 1.807) is 12.1 Å². The second kappa shape index (κ2) is 9.26. The van der Waals surface area contributed by atoms with E-state index in [-0.39, 0.29) is 6.04 Å². The summed E-state index contributed by atoms with van der Waals surface area (Å²) < 4.78 is 11.1. The fourth-order valence-electron chi connectivity index (χ4n) is 3.50. The number of benzene rings is 1. The third kappa shape index (κ3) is 4.90. The molecule has 0 aromatic heterocycles. The zero-order valence-electron chi connectivity index (χ0n) is 15.7. The molecule has 0 radical (unpaired) electrons. The Morgan fingerprint density at radius 2 is 1.69 bits per heavy atom. The Morgan fingerprint density at radius 3 is 2.31 bits per heavy atom. The quantitative estimate of drug-likeness (QED) is 0.703. The van der Waals surface area contributed by atoms with Crippen molar-refractivity contribution in [2.45, 2.75) is 45.6 Å². The van der Waals surface area contributed by atoms with Crippen LogP contribution in [0.1, 0.15) is 39.5 Å². The van der Waals surface area contributed by atoms with Crippen molar-refractivity contribution in [1.82, 2.24) is 5.32 Å². The topological polar surface area (TPSA) is 76.7 Å². The van der Waals surface area contributed by atoms with E-state index in [1.165, 1.54) is 20.6 Å². The summed E-state index contributed by atoms with van der Waals surface area (Å²) in [6.07, 6.45) is 4.27. The van der Waals surface area contributed by atoms with E-state index in [0.717, 1.165) is 19.3 Å². The van der Waals surface area contributed by atoms with E-state index in [1.807, 2.05) is 0 Å². The number of ether oxygens (including phenoxy) is 2. The monoisotopic (exact) mass is 426 g/mol. The van der Waals surface area contributed by atoms with Gasteiger partial charge < -0.3 is 20.1 Å². The Morgan fingerprint density at radius 1 is 1.08 bits per heavy atom. The molecule has 2 atom stereocenters. The highest BCUT2D eigenvalue weighted by molar-refractivity contribution is 9.10. The molecule has 26 heavy (non-hydrogen) atoms. The Balaban J connectivity index is 2.06. The molecule has 0 bridgehead atoms. The summed E-state index contributed by atoms with van der Waals surface area (Å²) in [7, 11) is 3.05. The number of anilines is 1. The first-order chi connectivity index (χ1) is 12.4. The average molecular weight is 427 g/mol. The van der Waals surface area contributed by atoms with Crippen LogP contribution in [-0.2, 0) is 9.59 Å². The summed E-state index contributed by atoms with van der Waals surface area (Å²) in [4.78, 5) is 24.7. The van der Waals surface area contributed by atoms with E-state index >= 15 is 0 Å². The maximum Gasteiger partial charge on any atom is 0.313 e. The molecular formula is C19H27BrN2O4. The third-order valence-electron chi connectivity index (χ3n) is 4.92. The molecule has 2 amide bonds. The summed E-state index contributed by atoms with van der Waals surface area (Å²) in [5.74, 6) is 0.592. The number of carbonyl (C=O) groups is 2. The van der Waals surface area contributed by atoms with Crippen molar-refractivity contribution in [2.75, 3.05) is 19.5 Å². The Labute approximate surface area is 163 Å². The van der Waals surface area contributed by atoms with Crippen LogP contribution in [0.2, 0.25) is 0 Å². The predicted octanol–water partition coefficient (Wildman–Crippen LogP) is 3.74. The molecule has 144 valence electrons. The zero-order chi connectivity index (χ0) is 19.3. The Hall–Kier alpha value is -1.76. The molecule has 1 aromatic rings. The lowest BCUT2D eigenvalue weighted by molar-refractivity contribution is -0.137. The Bertz CT molecular complexity index is 663. The molecule has 2 rings (SSSR count). The molecule has 1 saturated carbocycles. The van der Waals surface area contributed by atoms with Gasteiger partial charge in [-0.2, -0.15) is 0 Å². The summed E-state index contributed by atoms with van der Waals surface area (Å²) in [6.45, 7) is 4.33. The lowest BCUT2D eigenvalue weighted by Gasteiger charge is -2.34. The summed E-state index contributed by atoms with van der Waals surface area (Å²) in [5.41, 5.74) is 0.451. The number of amides is 2. The van der Waals surface area contributed by atoms with E-state index in [9.17, 15) is 9.59 Å². The van der Waals surface area contributed by atoms with Gasteiger partial charge in [-0.1, -0.05) is 26.7 Å². The molecule has 0 spiro atoms. The van der Waals surface area contributed by atoms with Gasteiger partial charge in [-0.3, -0.25) is 9.59 Å². The van der Waals surface area contributed by atoms with Crippen LogP contribution in [0.15, 0.2) is 16.6 Å². The second-order valence-corrected chi connectivity index (χ2v) is 7.77. The number of hydrogen-bond acceptors (Lipinski definition) is 4. The van der Waals surface area contributed by atoms with Crippen LogP contribution in [0, 0.1) is 11.8 Å². The van der Waals surface area contributed by atoms with Crippen molar-refractivity contribution in [3.05, 3.63) is 16.6 Å². The maximum absolute atomic E-state index is 12.4.